The second kappa shape index (κ2) is 34.9. The fourth-order valence-electron chi connectivity index (χ4n) is 10.6. The van der Waals surface area contributed by atoms with Gasteiger partial charge >= 0.3 is 31.2 Å². The molecule has 6 heterocycles. The molecule has 0 unspecified atom stereocenters. The molecule has 2 aromatic heterocycles. The summed E-state index contributed by atoms with van der Waals surface area (Å²) >= 11 is 2.95. The Hall–Kier alpha value is -8.84. The number of fused-ring (bicyclic) bond motifs is 4. The van der Waals surface area contributed by atoms with E-state index in [2.05, 4.69) is 48.0 Å². The predicted molar refractivity (Wildman–Crippen MR) is 345 cm³/mol. The van der Waals surface area contributed by atoms with E-state index in [-0.39, 0.29) is 110 Å². The number of nitrogens with one attached hydrogen (secondary N) is 4. The maximum Gasteiger partial charge on any atom is 1.00 e. The number of anilines is 2. The van der Waals surface area contributed by atoms with Crippen LogP contribution in [0.2, 0.25) is 0 Å². The van der Waals surface area contributed by atoms with E-state index in [1.54, 1.807) is 36.7 Å². The molecule has 4 aliphatic rings. The van der Waals surface area contributed by atoms with E-state index in [9.17, 15) is 36.0 Å². The third-order valence-corrected chi connectivity index (χ3v) is 21.0. The Morgan fingerprint density at radius 1 is 0.585 bits per heavy atom. The second-order valence-corrected chi connectivity index (χ2v) is 27.2. The van der Waals surface area contributed by atoms with Crippen LogP contribution >= 0.6 is 22.7 Å². The molecule has 8 aromatic rings. The van der Waals surface area contributed by atoms with Gasteiger partial charge in [0, 0.05) is 63.5 Å². The Bertz CT molecular complexity index is 4240. The van der Waals surface area contributed by atoms with Crippen molar-refractivity contribution in [3.05, 3.63) is 178 Å². The number of amides is 4. The molecular weight excluding hydrogens is 1280 g/mol. The van der Waals surface area contributed by atoms with E-state index in [4.69, 9.17) is 28.7 Å². The van der Waals surface area contributed by atoms with Crippen LogP contribution in [0.25, 0.3) is 21.1 Å². The Kier molecular flexibility index (Phi) is 27.5. The van der Waals surface area contributed by atoms with Crippen molar-refractivity contribution >= 4 is 89.7 Å². The number of rotatable bonds is 18. The number of sulfone groups is 2. The Morgan fingerprint density at radius 3 is 1.41 bits per heavy atom. The number of thiazole rings is 2. The van der Waals surface area contributed by atoms with Crippen molar-refractivity contribution in [3.63, 3.8) is 0 Å². The molecule has 6 aromatic carbocycles. The molecular formula is C65H67LiN8O16S4. The number of aromatic nitrogens is 2. The van der Waals surface area contributed by atoms with Gasteiger partial charge in [-0.25, -0.2) is 26.8 Å². The monoisotopic (exact) mass is 1350 g/mol. The van der Waals surface area contributed by atoms with Gasteiger partial charge in [0.25, 0.3) is 23.6 Å². The van der Waals surface area contributed by atoms with Gasteiger partial charge in [0.2, 0.25) is 19.7 Å². The van der Waals surface area contributed by atoms with Gasteiger partial charge in [0.1, 0.15) is 21.5 Å². The summed E-state index contributed by atoms with van der Waals surface area (Å²) < 4.78 is 64.6. The molecule has 2 saturated heterocycles. The van der Waals surface area contributed by atoms with Crippen molar-refractivity contribution < 1.29 is 95.9 Å². The second-order valence-electron chi connectivity index (χ2n) is 21.2. The fraction of sp³-hybridized carbons (Fsp3) is 0.262. The SMILES string of the molecule is C[C@@H]1CCCN1CCCOc1ccc(-c2ncc(CNC(=O)c3ccc4c(c3)NC(=O)c3ccccc3S4(=O)=O)s2)cc1.O.O.O=C(NCc1cnc(-c2ccc(OCCCN3CCCC3)cc2)s1)c1ccc2c(c1)NC(=O)c1ccccc1S2(=O)=O.O=C=O.O=C=O.[H-].[Li+]. The molecule has 0 aliphatic carbocycles. The first-order valence-electron chi connectivity index (χ1n) is 29.0. The minimum atomic E-state index is -3.94. The summed E-state index contributed by atoms with van der Waals surface area (Å²) in [5.41, 5.74) is 2.67. The number of likely N-dealkylation sites (tertiary alicyclic amines) is 2. The van der Waals surface area contributed by atoms with Crippen molar-refractivity contribution in [2.45, 2.75) is 84.2 Å². The largest absolute Gasteiger partial charge is 1.00 e. The van der Waals surface area contributed by atoms with Crippen LogP contribution in [-0.2, 0) is 51.9 Å². The van der Waals surface area contributed by atoms with Gasteiger partial charge in [-0.3, -0.25) is 19.2 Å². The summed E-state index contributed by atoms with van der Waals surface area (Å²) in [5, 5.41) is 12.7. The van der Waals surface area contributed by atoms with Gasteiger partial charge in [-0.1, -0.05) is 24.3 Å². The van der Waals surface area contributed by atoms with Gasteiger partial charge in [0.05, 0.1) is 68.4 Å². The van der Waals surface area contributed by atoms with Crippen LogP contribution in [0.3, 0.4) is 0 Å². The average molecular weight is 1350 g/mol. The average Bonchev–Trinajstić information content (AvgIpc) is 1.69. The van der Waals surface area contributed by atoms with Crippen LogP contribution in [0.4, 0.5) is 11.4 Å². The first-order chi connectivity index (χ1) is 44.0. The first kappa shape index (κ1) is 74.2. The molecule has 4 aliphatic heterocycles. The van der Waals surface area contributed by atoms with Crippen LogP contribution < -0.4 is 49.6 Å². The van der Waals surface area contributed by atoms with E-state index in [1.807, 2.05) is 48.5 Å². The maximum atomic E-state index is 13.2. The molecule has 12 rings (SSSR count). The maximum absolute atomic E-state index is 13.2. The van der Waals surface area contributed by atoms with Crippen LogP contribution in [0.15, 0.2) is 165 Å². The van der Waals surface area contributed by atoms with E-state index in [0.717, 1.165) is 68.3 Å². The van der Waals surface area contributed by atoms with Gasteiger partial charge < -0.3 is 52.9 Å². The van der Waals surface area contributed by atoms with Crippen LogP contribution in [-0.4, -0.2) is 135 Å². The van der Waals surface area contributed by atoms with Crippen LogP contribution in [0.5, 0.6) is 11.5 Å². The van der Waals surface area contributed by atoms with E-state index >= 15 is 0 Å². The molecule has 488 valence electrons. The standard InChI is InChI=1S/C32H32N4O5S2.C31H30N4O5S2.2CO2.Li.2H2O.H/c1-21-6-4-15-36(21)16-5-17-41-24-12-9-22(10-13-24)32-34-20-25(42-32)19-33-30(37)23-11-14-29-27(18-23)35-31(38)26-7-2-3-8-28(26)43(29,39)40;36-29(22-10-13-28-26(18-22)34-30(37)25-6-1-2-7-27(25)42(28,38)39)32-19-24-20-33-31(41-24)21-8-11-23(12-9-21)40-17-5-16-35-14-3-4-15-35;2*2-1-3;;;;/h2-3,7-14,18,20-21H,4-6,15-17,19H2,1H3,(H,33,37)(H,35,38);1-2,6-13,18,20H,3-5,14-17,19H2,(H,32,36)(H,34,37);;;;2*1H2;/q;;;;+1;;;-1/t21-;;;;;;;/m1......./s1. The summed E-state index contributed by atoms with van der Waals surface area (Å²) in [4.78, 5) is 99.3. The number of ether oxygens (including phenoxy) is 2. The van der Waals surface area contributed by atoms with Gasteiger partial charge in [0.15, 0.2) is 0 Å². The zero-order valence-electron chi connectivity index (χ0n) is 52.2. The quantitative estimate of drug-likeness (QED) is 0.0668. The Labute approximate surface area is 563 Å². The zero-order chi connectivity index (χ0) is 64.5. The zero-order valence-corrected chi connectivity index (χ0v) is 54.4. The molecule has 0 radical (unpaired) electrons. The van der Waals surface area contributed by atoms with E-state index in [1.165, 1.54) is 129 Å². The molecule has 94 heavy (non-hydrogen) atoms. The molecule has 29 heteroatoms. The summed E-state index contributed by atoms with van der Waals surface area (Å²) in [6.07, 6.45) is 11.1. The predicted octanol–water partition coefficient (Wildman–Crippen LogP) is 4.70. The normalized spacial score (nSPS) is 15.2. The molecule has 1 atom stereocenters. The summed E-state index contributed by atoms with van der Waals surface area (Å²) in [6, 6.07) is 36.9. The Morgan fingerprint density at radius 2 is 1.00 bits per heavy atom. The summed E-state index contributed by atoms with van der Waals surface area (Å²) in [6.45, 7) is 9.90. The van der Waals surface area contributed by atoms with Gasteiger partial charge in [-0.15, -0.1) is 22.7 Å². The Balaban J connectivity index is 0.000000306. The van der Waals surface area contributed by atoms with Crippen LogP contribution in [0.1, 0.15) is 98.1 Å². The van der Waals surface area contributed by atoms with Gasteiger partial charge in [-0.2, -0.15) is 19.2 Å². The molecule has 8 N–H and O–H groups in total. The third kappa shape index (κ3) is 18.5. The van der Waals surface area contributed by atoms with Crippen LogP contribution in [0, 0.1) is 0 Å². The number of carbonyl (C=O) groups excluding carboxylic acids is 8. The molecule has 0 bridgehead atoms. The van der Waals surface area contributed by atoms with E-state index in [0.29, 0.717) is 19.3 Å². The number of hydrogen-bond acceptors (Lipinski definition) is 20. The van der Waals surface area contributed by atoms with E-state index < -0.39 is 43.3 Å². The van der Waals surface area contributed by atoms with Crippen molar-refractivity contribution in [3.8, 4) is 32.6 Å². The molecule has 4 amide bonds. The summed E-state index contributed by atoms with van der Waals surface area (Å²) in [5.74, 6) is -0.216. The topological polar surface area (TPSA) is 367 Å². The van der Waals surface area contributed by atoms with Crippen molar-refractivity contribution in [1.82, 2.24) is 30.4 Å². The van der Waals surface area contributed by atoms with Crippen molar-refractivity contribution in [2.24, 2.45) is 0 Å². The first-order valence-corrected chi connectivity index (χ1v) is 33.6. The minimum absolute atomic E-state index is 0. The van der Waals surface area contributed by atoms with Crippen molar-refractivity contribution in [2.75, 3.05) is 56.6 Å². The summed E-state index contributed by atoms with van der Waals surface area (Å²) in [7, 11) is -7.87. The van der Waals surface area contributed by atoms with Gasteiger partial charge in [-0.05, 0) is 174 Å². The molecule has 2 fully saturated rings. The molecule has 0 spiro atoms. The number of hydrogen-bond donors (Lipinski definition) is 4. The smallest absolute Gasteiger partial charge is 1.00 e. The number of benzene rings is 6. The molecule has 0 saturated carbocycles. The fourth-order valence-corrected chi connectivity index (χ4v) is 15.5. The minimum Gasteiger partial charge on any atom is -1.00 e. The molecule has 24 nitrogen and oxygen atoms in total. The third-order valence-electron chi connectivity index (χ3n) is 15.2. The number of carbonyl (C=O) groups is 4. The van der Waals surface area contributed by atoms with Crippen molar-refractivity contribution in [1.29, 1.82) is 0 Å². The number of nitrogens with zero attached hydrogens (tertiary/aromatic N) is 4.